The third kappa shape index (κ3) is 6.76. The van der Waals surface area contributed by atoms with Crippen LogP contribution in [0.1, 0.15) is 71.1 Å². The lowest BCUT2D eigenvalue weighted by Gasteiger charge is -2.25. The molecule has 0 spiro atoms. The second-order valence-electron chi connectivity index (χ2n) is 11.0. The Morgan fingerprint density at radius 3 is 2.67 bits per heavy atom. The predicted molar refractivity (Wildman–Crippen MR) is 169 cm³/mol. The molecule has 1 aliphatic rings. The maximum atomic E-state index is 12.5. The van der Waals surface area contributed by atoms with Gasteiger partial charge in [0.2, 0.25) is 0 Å². The molecule has 1 unspecified atom stereocenters. The number of carbonyl (C=O) groups is 1. The van der Waals surface area contributed by atoms with E-state index in [9.17, 15) is 9.90 Å². The number of nitrogens with zero attached hydrogens (tertiary/aromatic N) is 4. The minimum Gasteiger partial charge on any atom is -0.489 e. The van der Waals surface area contributed by atoms with Gasteiger partial charge >= 0.3 is 5.97 Å². The summed E-state index contributed by atoms with van der Waals surface area (Å²) in [4.78, 5) is 15.5. The van der Waals surface area contributed by atoms with Crippen LogP contribution >= 0.6 is 27.5 Å². The highest BCUT2D eigenvalue weighted by atomic mass is 79.9. The first-order valence-corrected chi connectivity index (χ1v) is 15.6. The van der Waals surface area contributed by atoms with Crippen molar-refractivity contribution in [3.63, 3.8) is 0 Å². The van der Waals surface area contributed by atoms with Gasteiger partial charge in [0.15, 0.2) is 5.82 Å². The average Bonchev–Trinajstić information content (AvgIpc) is 3.63. The molecule has 1 fully saturated rings. The van der Waals surface area contributed by atoms with Crippen molar-refractivity contribution in [1.82, 2.24) is 30.5 Å². The molecule has 2 heterocycles. The highest BCUT2D eigenvalue weighted by Gasteiger charge is 2.30. The van der Waals surface area contributed by atoms with Gasteiger partial charge in [-0.15, -0.1) is 5.10 Å². The maximum Gasteiger partial charge on any atom is 0.352 e. The molecule has 0 aliphatic heterocycles. The van der Waals surface area contributed by atoms with Crippen LogP contribution in [0.15, 0.2) is 71.2 Å². The van der Waals surface area contributed by atoms with Gasteiger partial charge in [0.25, 0.3) is 0 Å². The number of fused-ring (bicyclic) bond motifs is 1. The number of aromatic nitrogens is 5. The number of aromatic carboxylic acids is 1. The van der Waals surface area contributed by atoms with Crippen LogP contribution < -0.4 is 10.1 Å². The van der Waals surface area contributed by atoms with E-state index in [1.54, 1.807) is 16.8 Å². The summed E-state index contributed by atoms with van der Waals surface area (Å²) in [5, 5.41) is 27.9. The van der Waals surface area contributed by atoms with E-state index in [-0.39, 0.29) is 5.69 Å². The summed E-state index contributed by atoms with van der Waals surface area (Å²) in [6.07, 6.45) is 5.98. The van der Waals surface area contributed by atoms with Gasteiger partial charge < -0.3 is 20.1 Å². The summed E-state index contributed by atoms with van der Waals surface area (Å²) in [5.74, 6) is 0.761. The van der Waals surface area contributed by atoms with E-state index in [0.29, 0.717) is 41.0 Å². The number of rotatable bonds is 11. The van der Waals surface area contributed by atoms with Gasteiger partial charge in [-0.05, 0) is 71.6 Å². The van der Waals surface area contributed by atoms with Crippen LogP contribution in [0, 0.1) is 5.92 Å². The number of tetrazole rings is 1. The van der Waals surface area contributed by atoms with Crippen LogP contribution in [-0.2, 0) is 13.2 Å². The van der Waals surface area contributed by atoms with Crippen LogP contribution in [0.2, 0.25) is 5.02 Å². The Hall–Kier alpha value is -3.73. The molecule has 11 heteroatoms. The Morgan fingerprint density at radius 1 is 1.12 bits per heavy atom. The number of H-pyrrole nitrogens is 1. The minimum atomic E-state index is -1.05. The lowest BCUT2D eigenvalue weighted by molar-refractivity contribution is 0.0689. The number of carboxylic acids is 1. The number of nitrogens with one attached hydrogen (secondary N) is 2. The van der Waals surface area contributed by atoms with Gasteiger partial charge in [-0.3, -0.25) is 0 Å². The number of hydrogen-bond acceptors (Lipinski definition) is 6. The maximum absolute atomic E-state index is 12.5. The van der Waals surface area contributed by atoms with Crippen molar-refractivity contribution < 1.29 is 14.6 Å². The fraction of sp³-hybridized carbons (Fsp3) is 0.312. The predicted octanol–water partition coefficient (Wildman–Crippen LogP) is 7.16. The zero-order valence-corrected chi connectivity index (χ0v) is 25.8. The molecule has 1 atom stereocenters. The molecule has 6 rings (SSSR count). The van der Waals surface area contributed by atoms with Crippen molar-refractivity contribution in [2.75, 3.05) is 6.54 Å². The fourth-order valence-corrected chi connectivity index (χ4v) is 6.40. The van der Waals surface area contributed by atoms with E-state index in [1.807, 2.05) is 54.6 Å². The third-order valence-electron chi connectivity index (χ3n) is 8.06. The Labute approximate surface area is 262 Å². The molecule has 2 aromatic heterocycles. The molecular formula is C32H32BrClN6O3. The molecule has 5 aromatic rings. The highest BCUT2D eigenvalue weighted by molar-refractivity contribution is 9.10. The molecule has 0 bridgehead atoms. The Morgan fingerprint density at radius 2 is 1.91 bits per heavy atom. The molecule has 222 valence electrons. The van der Waals surface area contributed by atoms with Gasteiger partial charge in [0, 0.05) is 31.5 Å². The number of aromatic amines is 1. The summed E-state index contributed by atoms with van der Waals surface area (Å²) in [6.45, 7) is 1.60. The first-order chi connectivity index (χ1) is 21.0. The summed E-state index contributed by atoms with van der Waals surface area (Å²) in [5.41, 5.74) is 3.40. The van der Waals surface area contributed by atoms with Crippen molar-refractivity contribution >= 4 is 44.4 Å². The Bertz CT molecular complexity index is 1710. The molecular weight excluding hydrogens is 632 g/mol. The van der Waals surface area contributed by atoms with Crippen molar-refractivity contribution in [2.24, 2.45) is 5.92 Å². The van der Waals surface area contributed by atoms with Gasteiger partial charge in [-0.2, -0.15) is 0 Å². The van der Waals surface area contributed by atoms with Crippen LogP contribution in [0.4, 0.5) is 0 Å². The number of hydrogen-bond donors (Lipinski definition) is 3. The molecule has 43 heavy (non-hydrogen) atoms. The number of benzene rings is 3. The van der Waals surface area contributed by atoms with E-state index >= 15 is 0 Å². The van der Waals surface area contributed by atoms with Crippen molar-refractivity contribution in [3.05, 3.63) is 104 Å². The van der Waals surface area contributed by atoms with Crippen molar-refractivity contribution in [1.29, 1.82) is 0 Å². The first kappa shape index (κ1) is 29.3. The van der Waals surface area contributed by atoms with Gasteiger partial charge in [-0.25, -0.2) is 9.48 Å². The molecule has 0 amide bonds. The van der Waals surface area contributed by atoms with E-state index in [1.165, 1.54) is 19.3 Å². The Kier molecular flexibility index (Phi) is 9.06. The number of halogens is 2. The molecule has 3 aromatic carbocycles. The monoisotopic (exact) mass is 662 g/mol. The zero-order valence-electron chi connectivity index (χ0n) is 23.5. The summed E-state index contributed by atoms with van der Waals surface area (Å²) >= 11 is 9.82. The molecule has 0 saturated heterocycles. The minimum absolute atomic E-state index is 0.0968. The van der Waals surface area contributed by atoms with Crippen LogP contribution in [0.5, 0.6) is 5.75 Å². The van der Waals surface area contributed by atoms with Gasteiger partial charge in [-0.1, -0.05) is 83.2 Å². The standard InChI is InChI=1S/C32H32BrClN6O3/c33-26-9-5-4-8-22(26)19-43-24-13-10-21(11-14-24)18-40-31(37-38-39-40)29(35-17-20-6-2-1-3-7-20)28-25-15-12-23(34)16-27(25)36-30(28)32(41)42/h4-5,8-16,20,29,35-36H,1-3,6-7,17-19H2,(H,41,42). The largest absolute Gasteiger partial charge is 0.489 e. The van der Waals surface area contributed by atoms with Crippen LogP contribution in [0.25, 0.3) is 10.9 Å². The SMILES string of the molecule is O=C(O)c1[nH]c2cc(Cl)ccc2c1C(NCC1CCCCC1)c1nnnn1Cc1ccc(OCc2ccccc2Br)cc1. The normalized spacial score (nSPS) is 14.7. The van der Waals surface area contributed by atoms with Crippen LogP contribution in [0.3, 0.4) is 0 Å². The van der Waals surface area contributed by atoms with Gasteiger partial charge in [0.1, 0.15) is 18.1 Å². The second-order valence-corrected chi connectivity index (χ2v) is 12.3. The smallest absolute Gasteiger partial charge is 0.352 e. The van der Waals surface area contributed by atoms with Crippen LogP contribution in [-0.4, -0.2) is 42.8 Å². The average molecular weight is 664 g/mol. The highest BCUT2D eigenvalue weighted by Crippen LogP contribution is 2.34. The first-order valence-electron chi connectivity index (χ1n) is 14.5. The lowest BCUT2D eigenvalue weighted by atomic mass is 9.89. The van der Waals surface area contributed by atoms with Gasteiger partial charge in [0.05, 0.1) is 12.6 Å². The summed E-state index contributed by atoms with van der Waals surface area (Å²) < 4.78 is 8.73. The molecule has 1 saturated carbocycles. The molecule has 1 aliphatic carbocycles. The van der Waals surface area contributed by atoms with Crippen molar-refractivity contribution in [3.8, 4) is 5.75 Å². The van der Waals surface area contributed by atoms with E-state index in [2.05, 4.69) is 41.8 Å². The molecule has 3 N–H and O–H groups in total. The number of carboxylic acid groups (broad SMARTS) is 1. The third-order valence-corrected chi connectivity index (χ3v) is 9.07. The second kappa shape index (κ2) is 13.3. The van der Waals surface area contributed by atoms with E-state index in [0.717, 1.165) is 46.1 Å². The van der Waals surface area contributed by atoms with Crippen molar-refractivity contribution in [2.45, 2.75) is 51.3 Å². The topological polar surface area (TPSA) is 118 Å². The van der Waals surface area contributed by atoms with E-state index in [4.69, 9.17) is 16.3 Å². The number of ether oxygens (including phenoxy) is 1. The summed E-state index contributed by atoms with van der Waals surface area (Å²) in [7, 11) is 0. The molecule has 9 nitrogen and oxygen atoms in total. The zero-order chi connectivity index (χ0) is 29.8. The lowest BCUT2D eigenvalue weighted by Crippen LogP contribution is -2.32. The molecule has 0 radical (unpaired) electrons. The fourth-order valence-electron chi connectivity index (χ4n) is 5.83. The quantitative estimate of drug-likeness (QED) is 0.137. The Balaban J connectivity index is 1.28. The van der Waals surface area contributed by atoms with E-state index < -0.39 is 12.0 Å². The summed E-state index contributed by atoms with van der Waals surface area (Å²) in [6, 6.07) is 20.6.